The van der Waals surface area contributed by atoms with E-state index in [2.05, 4.69) is 4.72 Å². The maximum Gasteiger partial charge on any atom is 0.261 e. The van der Waals surface area contributed by atoms with Crippen LogP contribution in [-0.2, 0) is 10.0 Å². The van der Waals surface area contributed by atoms with E-state index in [0.717, 1.165) is 10.8 Å². The van der Waals surface area contributed by atoms with Gasteiger partial charge in [0.05, 0.1) is 16.1 Å². The molecule has 3 rings (SSSR count). The minimum absolute atomic E-state index is 0.121. The third-order valence-electron chi connectivity index (χ3n) is 3.47. The van der Waals surface area contributed by atoms with Gasteiger partial charge in [0.25, 0.3) is 15.9 Å². The summed E-state index contributed by atoms with van der Waals surface area (Å²) >= 11 is 0. The van der Waals surface area contributed by atoms with Crippen molar-refractivity contribution in [3.63, 3.8) is 0 Å². The van der Waals surface area contributed by atoms with E-state index >= 15 is 0 Å². The first-order valence-corrected chi connectivity index (χ1v) is 8.36. The van der Waals surface area contributed by atoms with Gasteiger partial charge in [0, 0.05) is 0 Å². The van der Waals surface area contributed by atoms with Crippen LogP contribution in [0.25, 0.3) is 10.8 Å². The van der Waals surface area contributed by atoms with Crippen molar-refractivity contribution in [1.82, 2.24) is 0 Å². The molecule has 23 heavy (non-hydrogen) atoms. The number of hydrogen-bond acceptors (Lipinski definition) is 3. The molecule has 0 spiro atoms. The summed E-state index contributed by atoms with van der Waals surface area (Å²) in [5.74, 6) is -0.693. The Bertz CT molecular complexity index is 997. The molecule has 0 aliphatic rings. The topological polar surface area (TPSA) is 89.3 Å². The highest BCUT2D eigenvalue weighted by atomic mass is 32.2. The van der Waals surface area contributed by atoms with E-state index in [1.807, 2.05) is 24.3 Å². The van der Waals surface area contributed by atoms with Crippen molar-refractivity contribution in [1.29, 1.82) is 0 Å². The summed E-state index contributed by atoms with van der Waals surface area (Å²) in [5.41, 5.74) is 5.56. The molecule has 3 aromatic carbocycles. The maximum atomic E-state index is 12.6. The maximum absolute atomic E-state index is 12.6. The normalized spacial score (nSPS) is 11.3. The van der Waals surface area contributed by atoms with Gasteiger partial charge in [0.15, 0.2) is 0 Å². The van der Waals surface area contributed by atoms with Crippen LogP contribution in [0.15, 0.2) is 71.6 Å². The van der Waals surface area contributed by atoms with Crippen molar-refractivity contribution in [2.75, 3.05) is 4.72 Å². The summed E-state index contributed by atoms with van der Waals surface area (Å²) in [7, 11) is -3.82. The van der Waals surface area contributed by atoms with Crippen LogP contribution in [0.2, 0.25) is 0 Å². The molecule has 0 heterocycles. The molecule has 0 fully saturated rings. The van der Waals surface area contributed by atoms with Crippen LogP contribution in [0.1, 0.15) is 10.4 Å². The number of carbonyl (C=O) groups is 1. The summed E-state index contributed by atoms with van der Waals surface area (Å²) in [5, 5.41) is 1.77. The zero-order chi connectivity index (χ0) is 16.4. The van der Waals surface area contributed by atoms with Gasteiger partial charge < -0.3 is 5.73 Å². The number of rotatable bonds is 4. The molecule has 116 valence electrons. The van der Waals surface area contributed by atoms with Gasteiger partial charge >= 0.3 is 0 Å². The Morgan fingerprint density at radius 1 is 0.870 bits per heavy atom. The monoisotopic (exact) mass is 326 g/mol. The summed E-state index contributed by atoms with van der Waals surface area (Å²) in [6.45, 7) is 0. The highest BCUT2D eigenvalue weighted by molar-refractivity contribution is 7.92. The van der Waals surface area contributed by atoms with Crippen LogP contribution in [0.5, 0.6) is 0 Å². The lowest BCUT2D eigenvalue weighted by Crippen LogP contribution is -2.18. The Labute approximate surface area is 133 Å². The number of sulfonamides is 1. The lowest BCUT2D eigenvalue weighted by Gasteiger charge is -2.11. The lowest BCUT2D eigenvalue weighted by molar-refractivity contribution is 0.100. The number of nitrogens with two attached hydrogens (primary N) is 1. The number of primary amides is 1. The summed E-state index contributed by atoms with van der Waals surface area (Å²) in [4.78, 5) is 11.5. The molecule has 0 saturated heterocycles. The summed E-state index contributed by atoms with van der Waals surface area (Å²) in [6.07, 6.45) is 0. The van der Waals surface area contributed by atoms with Crippen molar-refractivity contribution < 1.29 is 13.2 Å². The second kappa shape index (κ2) is 5.73. The molecule has 0 atom stereocenters. The second-order valence-corrected chi connectivity index (χ2v) is 6.71. The van der Waals surface area contributed by atoms with Gasteiger partial charge in [-0.1, -0.05) is 42.5 Å². The summed E-state index contributed by atoms with van der Waals surface area (Å²) < 4.78 is 27.5. The van der Waals surface area contributed by atoms with E-state index in [9.17, 15) is 13.2 Å². The fourth-order valence-corrected chi connectivity index (χ4v) is 3.44. The Hall–Kier alpha value is -2.86. The molecule has 0 unspecified atom stereocenters. The van der Waals surface area contributed by atoms with E-state index in [-0.39, 0.29) is 16.1 Å². The largest absolute Gasteiger partial charge is 0.366 e. The van der Waals surface area contributed by atoms with Gasteiger partial charge in [-0.2, -0.15) is 0 Å². The first-order chi connectivity index (χ1) is 11.0. The Morgan fingerprint density at radius 3 is 2.26 bits per heavy atom. The van der Waals surface area contributed by atoms with E-state index in [1.165, 1.54) is 18.2 Å². The zero-order valence-electron chi connectivity index (χ0n) is 12.1. The molecule has 0 aliphatic heterocycles. The molecule has 0 aromatic heterocycles. The molecule has 0 aliphatic carbocycles. The van der Waals surface area contributed by atoms with Crippen molar-refractivity contribution in [2.45, 2.75) is 4.90 Å². The minimum atomic E-state index is -3.82. The van der Waals surface area contributed by atoms with Crippen LogP contribution in [0.4, 0.5) is 5.69 Å². The number of fused-ring (bicyclic) bond motifs is 1. The van der Waals surface area contributed by atoms with Crippen LogP contribution in [-0.4, -0.2) is 14.3 Å². The average Bonchev–Trinajstić information content (AvgIpc) is 2.54. The number of amides is 1. The van der Waals surface area contributed by atoms with Crippen LogP contribution >= 0.6 is 0 Å². The van der Waals surface area contributed by atoms with Crippen LogP contribution in [0.3, 0.4) is 0 Å². The molecule has 3 N–H and O–H groups in total. The van der Waals surface area contributed by atoms with Crippen LogP contribution < -0.4 is 10.5 Å². The Balaban J connectivity index is 2.03. The number of nitrogens with one attached hydrogen (secondary N) is 1. The van der Waals surface area contributed by atoms with Gasteiger partial charge in [-0.05, 0) is 35.0 Å². The molecule has 0 bridgehead atoms. The van der Waals surface area contributed by atoms with Crippen molar-refractivity contribution in [3.8, 4) is 0 Å². The fraction of sp³-hybridized carbons (Fsp3) is 0. The molecular weight excluding hydrogens is 312 g/mol. The quantitative estimate of drug-likeness (QED) is 0.772. The van der Waals surface area contributed by atoms with Gasteiger partial charge in [-0.25, -0.2) is 8.42 Å². The third-order valence-corrected chi connectivity index (χ3v) is 4.83. The van der Waals surface area contributed by atoms with Crippen molar-refractivity contribution in [3.05, 3.63) is 72.3 Å². The first kappa shape index (κ1) is 15.1. The number of benzene rings is 3. The Morgan fingerprint density at radius 2 is 1.52 bits per heavy atom. The van der Waals surface area contributed by atoms with Crippen molar-refractivity contribution >= 4 is 32.4 Å². The Kier molecular flexibility index (Phi) is 3.75. The fourth-order valence-electron chi connectivity index (χ4n) is 2.33. The number of anilines is 1. The molecular formula is C17H14N2O3S. The standard InChI is InChI=1S/C17H14N2O3S/c18-17(20)15-7-3-4-8-16(15)19-23(21,22)14-10-9-12-5-1-2-6-13(12)11-14/h1-11,19H,(H2,18,20). The number of carbonyl (C=O) groups excluding carboxylic acids is 1. The summed E-state index contributed by atoms with van der Waals surface area (Å²) in [6, 6.07) is 18.5. The molecule has 5 nitrogen and oxygen atoms in total. The predicted octanol–water partition coefficient (Wildman–Crippen LogP) is 2.74. The molecule has 0 radical (unpaired) electrons. The molecule has 6 heteroatoms. The van der Waals surface area contributed by atoms with Gasteiger partial charge in [-0.3, -0.25) is 9.52 Å². The van der Waals surface area contributed by atoms with Gasteiger partial charge in [-0.15, -0.1) is 0 Å². The van der Waals surface area contributed by atoms with Gasteiger partial charge in [0.2, 0.25) is 0 Å². The van der Waals surface area contributed by atoms with E-state index < -0.39 is 15.9 Å². The predicted molar refractivity (Wildman–Crippen MR) is 89.7 cm³/mol. The van der Waals surface area contributed by atoms with Gasteiger partial charge in [0.1, 0.15) is 0 Å². The number of para-hydroxylation sites is 1. The molecule has 0 saturated carbocycles. The smallest absolute Gasteiger partial charge is 0.261 e. The van der Waals surface area contributed by atoms with E-state index in [0.29, 0.717) is 0 Å². The highest BCUT2D eigenvalue weighted by Gasteiger charge is 2.17. The highest BCUT2D eigenvalue weighted by Crippen LogP contribution is 2.23. The average molecular weight is 326 g/mol. The van der Waals surface area contributed by atoms with E-state index in [1.54, 1.807) is 24.3 Å². The first-order valence-electron chi connectivity index (χ1n) is 6.88. The third kappa shape index (κ3) is 3.02. The van der Waals surface area contributed by atoms with Crippen molar-refractivity contribution in [2.24, 2.45) is 5.73 Å². The lowest BCUT2D eigenvalue weighted by atomic mass is 10.1. The van der Waals surface area contributed by atoms with E-state index in [4.69, 9.17) is 5.73 Å². The number of hydrogen-bond donors (Lipinski definition) is 2. The molecule has 1 amide bonds. The van der Waals surface area contributed by atoms with Crippen LogP contribution in [0, 0.1) is 0 Å². The minimum Gasteiger partial charge on any atom is -0.366 e. The zero-order valence-corrected chi connectivity index (χ0v) is 12.9. The molecule has 3 aromatic rings. The second-order valence-electron chi connectivity index (χ2n) is 5.02. The SMILES string of the molecule is NC(=O)c1ccccc1NS(=O)(=O)c1ccc2ccccc2c1.